The third kappa shape index (κ3) is 2.59. The molecule has 1 aromatic carbocycles. The summed E-state index contributed by atoms with van der Waals surface area (Å²) in [5.41, 5.74) is 0.240. The molecule has 1 N–H and O–H groups in total. The lowest BCUT2D eigenvalue weighted by Gasteiger charge is -2.05. The van der Waals surface area contributed by atoms with Crippen molar-refractivity contribution in [1.29, 1.82) is 0 Å². The molecule has 86 valence electrons. The van der Waals surface area contributed by atoms with Gasteiger partial charge in [0.05, 0.1) is 0 Å². The number of aromatic nitrogens is 2. The first-order valence-corrected chi connectivity index (χ1v) is 5.76. The Morgan fingerprint density at radius 2 is 2.00 bits per heavy atom. The van der Waals surface area contributed by atoms with E-state index >= 15 is 0 Å². The van der Waals surface area contributed by atoms with E-state index < -0.39 is 0 Å². The fourth-order valence-electron chi connectivity index (χ4n) is 1.30. The monoisotopic (exact) mass is 246 g/mol. The van der Waals surface area contributed by atoms with Crippen molar-refractivity contribution in [2.75, 3.05) is 12.4 Å². The van der Waals surface area contributed by atoms with Crippen LogP contribution in [-0.4, -0.2) is 17.0 Å². The van der Waals surface area contributed by atoms with Gasteiger partial charge in [0.1, 0.15) is 11.4 Å². The number of nitrogens with zero attached hydrogens (tertiary/aromatic N) is 3. The van der Waals surface area contributed by atoms with Crippen LogP contribution in [0.25, 0.3) is 0 Å². The first kappa shape index (κ1) is 11.5. The van der Waals surface area contributed by atoms with E-state index in [0.29, 0.717) is 10.8 Å². The molecule has 0 fully saturated rings. The highest BCUT2D eigenvalue weighted by Gasteiger charge is 2.12. The lowest BCUT2D eigenvalue weighted by Crippen LogP contribution is -1.95. The van der Waals surface area contributed by atoms with Gasteiger partial charge in [0.15, 0.2) is 11.5 Å². The van der Waals surface area contributed by atoms with Gasteiger partial charge in [-0.15, -0.1) is 4.91 Å². The van der Waals surface area contributed by atoms with E-state index in [1.165, 1.54) is 18.1 Å². The van der Waals surface area contributed by atoms with Gasteiger partial charge in [0.25, 0.3) is 0 Å². The third-order valence-corrected chi connectivity index (χ3v) is 3.07. The molecule has 0 saturated carbocycles. The third-order valence-electron chi connectivity index (χ3n) is 2.07. The van der Waals surface area contributed by atoms with E-state index in [1.54, 1.807) is 7.05 Å². The molecule has 2 rings (SSSR count). The summed E-state index contributed by atoms with van der Waals surface area (Å²) in [6.07, 6.45) is 1.41. The van der Waals surface area contributed by atoms with Crippen LogP contribution in [0.1, 0.15) is 0 Å². The molecule has 5 nitrogen and oxygen atoms in total. The SMILES string of the molecule is CNc1ncnc(Sc2ccccc2)c1N=O. The van der Waals surface area contributed by atoms with Gasteiger partial charge in [0.2, 0.25) is 0 Å². The summed E-state index contributed by atoms with van der Waals surface area (Å²) < 4.78 is 0. The number of nitrogens with one attached hydrogen (secondary N) is 1. The molecule has 0 bridgehead atoms. The maximum atomic E-state index is 10.8. The molecule has 1 aromatic heterocycles. The van der Waals surface area contributed by atoms with Gasteiger partial charge in [-0.1, -0.05) is 30.0 Å². The Hall–Kier alpha value is -1.95. The van der Waals surface area contributed by atoms with Crippen molar-refractivity contribution in [3.05, 3.63) is 41.6 Å². The van der Waals surface area contributed by atoms with E-state index in [2.05, 4.69) is 20.5 Å². The van der Waals surface area contributed by atoms with Gasteiger partial charge in [-0.2, -0.15) is 0 Å². The average Bonchev–Trinajstić information content (AvgIpc) is 2.39. The van der Waals surface area contributed by atoms with Gasteiger partial charge in [-0.25, -0.2) is 9.97 Å². The first-order chi connectivity index (χ1) is 8.35. The molecular weight excluding hydrogens is 236 g/mol. The number of nitroso groups, excluding NO2 is 1. The van der Waals surface area contributed by atoms with Gasteiger partial charge in [-0.05, 0) is 17.3 Å². The zero-order valence-electron chi connectivity index (χ0n) is 9.12. The van der Waals surface area contributed by atoms with Crippen molar-refractivity contribution < 1.29 is 0 Å². The number of anilines is 1. The summed E-state index contributed by atoms with van der Waals surface area (Å²) in [7, 11) is 1.69. The first-order valence-electron chi connectivity index (χ1n) is 4.94. The van der Waals surface area contributed by atoms with Crippen molar-refractivity contribution in [2.45, 2.75) is 9.92 Å². The topological polar surface area (TPSA) is 67.2 Å². The largest absolute Gasteiger partial charge is 0.371 e. The molecule has 1 heterocycles. The number of hydrogen-bond acceptors (Lipinski definition) is 6. The van der Waals surface area contributed by atoms with E-state index in [4.69, 9.17) is 0 Å². The van der Waals surface area contributed by atoms with Gasteiger partial charge in [0, 0.05) is 11.9 Å². The maximum absolute atomic E-state index is 10.8. The highest BCUT2D eigenvalue weighted by Crippen LogP contribution is 2.36. The normalized spacial score (nSPS) is 9.94. The minimum atomic E-state index is 0.240. The summed E-state index contributed by atoms with van der Waals surface area (Å²) in [6, 6.07) is 9.68. The summed E-state index contributed by atoms with van der Waals surface area (Å²) in [5, 5.41) is 6.34. The minimum Gasteiger partial charge on any atom is -0.371 e. The fraction of sp³-hybridized carbons (Fsp3) is 0.0909. The number of benzene rings is 1. The quantitative estimate of drug-likeness (QED) is 0.663. The van der Waals surface area contributed by atoms with E-state index in [9.17, 15) is 4.91 Å². The lowest BCUT2D eigenvalue weighted by atomic mass is 10.4. The minimum absolute atomic E-state index is 0.240. The molecule has 0 radical (unpaired) electrons. The summed E-state index contributed by atoms with van der Waals surface area (Å²) in [4.78, 5) is 19.8. The molecule has 0 unspecified atom stereocenters. The molecule has 6 heteroatoms. The van der Waals surface area contributed by atoms with Gasteiger partial charge >= 0.3 is 0 Å². The Balaban J connectivity index is 2.36. The highest BCUT2D eigenvalue weighted by atomic mass is 32.2. The van der Waals surface area contributed by atoms with Crippen molar-refractivity contribution >= 4 is 23.3 Å². The standard InChI is InChI=1S/C11H10N4OS/c1-12-10-9(15-16)11(14-7-13-10)17-8-5-3-2-4-6-8/h2-7H,1H3,(H,12,13,14). The summed E-state index contributed by atoms with van der Waals surface area (Å²) in [5.74, 6) is 0.438. The van der Waals surface area contributed by atoms with Crippen molar-refractivity contribution in [3.63, 3.8) is 0 Å². The smallest absolute Gasteiger partial charge is 0.182 e. The van der Waals surface area contributed by atoms with Crippen LogP contribution in [0, 0.1) is 4.91 Å². The molecule has 0 aliphatic rings. The Labute approximate surface area is 103 Å². The van der Waals surface area contributed by atoms with Crippen LogP contribution in [-0.2, 0) is 0 Å². The fourth-order valence-corrected chi connectivity index (χ4v) is 2.15. The van der Waals surface area contributed by atoms with Crippen LogP contribution < -0.4 is 5.32 Å². The van der Waals surface area contributed by atoms with Crippen LogP contribution in [0.15, 0.2) is 51.8 Å². The van der Waals surface area contributed by atoms with Crippen molar-refractivity contribution in [3.8, 4) is 0 Å². The molecular formula is C11H10N4OS. The van der Waals surface area contributed by atoms with Crippen LogP contribution in [0.2, 0.25) is 0 Å². The second-order valence-electron chi connectivity index (χ2n) is 3.13. The van der Waals surface area contributed by atoms with E-state index in [0.717, 1.165) is 4.90 Å². The summed E-state index contributed by atoms with van der Waals surface area (Å²) in [6.45, 7) is 0. The van der Waals surface area contributed by atoms with E-state index in [-0.39, 0.29) is 5.69 Å². The lowest BCUT2D eigenvalue weighted by molar-refractivity contribution is 1.04. The zero-order valence-corrected chi connectivity index (χ0v) is 9.94. The molecule has 0 aliphatic heterocycles. The van der Waals surface area contributed by atoms with Crippen LogP contribution >= 0.6 is 11.8 Å². The van der Waals surface area contributed by atoms with E-state index in [1.807, 2.05) is 30.3 Å². The molecule has 0 saturated heterocycles. The Morgan fingerprint density at radius 1 is 1.24 bits per heavy atom. The molecule has 0 atom stereocenters. The predicted octanol–water partition coefficient (Wildman–Crippen LogP) is 3.07. The van der Waals surface area contributed by atoms with Crippen molar-refractivity contribution in [2.24, 2.45) is 5.18 Å². The predicted molar refractivity (Wildman–Crippen MR) is 67.6 cm³/mol. The number of hydrogen-bond donors (Lipinski definition) is 1. The average molecular weight is 246 g/mol. The van der Waals surface area contributed by atoms with Gasteiger partial charge in [-0.3, -0.25) is 0 Å². The number of rotatable bonds is 4. The highest BCUT2D eigenvalue weighted by molar-refractivity contribution is 7.99. The summed E-state index contributed by atoms with van der Waals surface area (Å²) >= 11 is 1.38. The Bertz CT molecular complexity index is 518. The second-order valence-corrected chi connectivity index (χ2v) is 4.19. The molecule has 0 aliphatic carbocycles. The molecule has 17 heavy (non-hydrogen) atoms. The Morgan fingerprint density at radius 3 is 2.65 bits per heavy atom. The maximum Gasteiger partial charge on any atom is 0.182 e. The molecule has 2 aromatic rings. The van der Waals surface area contributed by atoms with Crippen molar-refractivity contribution in [1.82, 2.24) is 9.97 Å². The molecule has 0 amide bonds. The molecule has 0 spiro atoms. The van der Waals surface area contributed by atoms with Gasteiger partial charge < -0.3 is 5.32 Å². The van der Waals surface area contributed by atoms with Crippen LogP contribution in [0.3, 0.4) is 0 Å². The van der Waals surface area contributed by atoms with Crippen LogP contribution in [0.5, 0.6) is 0 Å². The second kappa shape index (κ2) is 5.40. The van der Waals surface area contributed by atoms with Crippen LogP contribution in [0.4, 0.5) is 11.5 Å². The zero-order chi connectivity index (χ0) is 12.1. The Kier molecular flexibility index (Phi) is 3.66.